The minimum Gasteiger partial charge on any atom is -0.462 e. The largest absolute Gasteiger partial charge is 0.462 e. The van der Waals surface area contributed by atoms with E-state index >= 15 is 0 Å². The Labute approximate surface area is 98.6 Å². The second kappa shape index (κ2) is 4.99. The Morgan fingerprint density at radius 3 is 2.62 bits per heavy atom. The number of carbonyl (C=O) groups excluding carboxylic acids is 1. The zero-order valence-corrected chi connectivity index (χ0v) is 10.4. The quantitative estimate of drug-likeness (QED) is 0.821. The number of anilines is 1. The van der Waals surface area contributed by atoms with Crippen LogP contribution in [-0.2, 0) is 4.74 Å². The van der Waals surface area contributed by atoms with Crippen LogP contribution in [-0.4, -0.2) is 12.6 Å². The van der Waals surface area contributed by atoms with E-state index in [9.17, 15) is 4.79 Å². The minimum atomic E-state index is -0.451. The van der Waals surface area contributed by atoms with Gasteiger partial charge >= 0.3 is 5.97 Å². The van der Waals surface area contributed by atoms with E-state index in [0.29, 0.717) is 17.0 Å². The number of nitrogen functional groups attached to an aromatic ring is 1. The van der Waals surface area contributed by atoms with Crippen LogP contribution in [0.25, 0.3) is 0 Å². The maximum absolute atomic E-state index is 11.6. The fraction of sp³-hybridized carbons (Fsp3) is 0.455. The van der Waals surface area contributed by atoms with Gasteiger partial charge in [-0.1, -0.05) is 13.8 Å². The Hall–Kier alpha value is -1.54. The number of nitriles is 1. The number of thiophene rings is 1. The van der Waals surface area contributed by atoms with Crippen LogP contribution in [0.1, 0.15) is 46.8 Å². The summed E-state index contributed by atoms with van der Waals surface area (Å²) in [4.78, 5) is 12.7. The zero-order chi connectivity index (χ0) is 12.3. The van der Waals surface area contributed by atoms with Gasteiger partial charge in [0.1, 0.15) is 10.9 Å². The van der Waals surface area contributed by atoms with Crippen LogP contribution in [0.5, 0.6) is 0 Å². The fourth-order valence-electron chi connectivity index (χ4n) is 1.33. The SMILES string of the molecule is CCOC(=O)c1sc(C(C)C)c(C#N)c1N. The molecule has 0 spiro atoms. The maximum atomic E-state index is 11.6. The Morgan fingerprint density at radius 2 is 2.25 bits per heavy atom. The normalized spacial score (nSPS) is 10.2. The van der Waals surface area contributed by atoms with Crippen molar-refractivity contribution in [3.8, 4) is 6.07 Å². The summed E-state index contributed by atoms with van der Waals surface area (Å²) in [5.41, 5.74) is 6.42. The number of rotatable bonds is 3. The molecule has 0 amide bonds. The molecule has 0 bridgehead atoms. The molecular weight excluding hydrogens is 224 g/mol. The molecule has 1 heterocycles. The van der Waals surface area contributed by atoms with E-state index < -0.39 is 5.97 Å². The molecule has 0 aliphatic carbocycles. The first-order valence-electron chi connectivity index (χ1n) is 5.02. The standard InChI is InChI=1S/C11H14N2O2S/c1-4-15-11(14)10-8(13)7(5-12)9(16-10)6(2)3/h6H,4,13H2,1-3H3. The third-order valence-electron chi connectivity index (χ3n) is 2.07. The van der Waals surface area contributed by atoms with Gasteiger partial charge < -0.3 is 10.5 Å². The van der Waals surface area contributed by atoms with Crippen molar-refractivity contribution in [1.82, 2.24) is 0 Å². The van der Waals surface area contributed by atoms with Crippen LogP contribution >= 0.6 is 11.3 Å². The first-order chi connectivity index (χ1) is 7.52. The lowest BCUT2D eigenvalue weighted by Crippen LogP contribution is -2.05. The van der Waals surface area contributed by atoms with Gasteiger partial charge in [-0.3, -0.25) is 0 Å². The van der Waals surface area contributed by atoms with E-state index in [2.05, 4.69) is 0 Å². The topological polar surface area (TPSA) is 76.1 Å². The van der Waals surface area contributed by atoms with Gasteiger partial charge in [0.15, 0.2) is 0 Å². The van der Waals surface area contributed by atoms with E-state index in [1.165, 1.54) is 11.3 Å². The molecule has 16 heavy (non-hydrogen) atoms. The molecule has 0 unspecified atom stereocenters. The van der Waals surface area contributed by atoms with Gasteiger partial charge in [0.05, 0.1) is 17.9 Å². The Bertz CT molecular complexity index is 444. The van der Waals surface area contributed by atoms with Crippen molar-refractivity contribution < 1.29 is 9.53 Å². The molecule has 0 aliphatic heterocycles. The molecular formula is C11H14N2O2S. The predicted octanol–water partition coefficient (Wildman–Crippen LogP) is 2.50. The lowest BCUT2D eigenvalue weighted by molar-refractivity contribution is 0.0533. The van der Waals surface area contributed by atoms with Crippen molar-refractivity contribution in [3.63, 3.8) is 0 Å². The third-order valence-corrected chi connectivity index (χ3v) is 3.56. The van der Waals surface area contributed by atoms with Crippen molar-refractivity contribution in [2.75, 3.05) is 12.3 Å². The van der Waals surface area contributed by atoms with Crippen LogP contribution in [0.4, 0.5) is 5.69 Å². The first-order valence-corrected chi connectivity index (χ1v) is 5.83. The van der Waals surface area contributed by atoms with Crippen LogP contribution < -0.4 is 5.73 Å². The van der Waals surface area contributed by atoms with Crippen LogP contribution in [0.2, 0.25) is 0 Å². The summed E-state index contributed by atoms with van der Waals surface area (Å²) in [5, 5.41) is 9.00. The highest BCUT2D eigenvalue weighted by atomic mass is 32.1. The first kappa shape index (κ1) is 12.5. The van der Waals surface area contributed by atoms with Gasteiger partial charge in [-0.05, 0) is 12.8 Å². The molecule has 86 valence electrons. The highest BCUT2D eigenvalue weighted by Crippen LogP contribution is 2.35. The summed E-state index contributed by atoms with van der Waals surface area (Å²) in [7, 11) is 0. The Morgan fingerprint density at radius 1 is 1.62 bits per heavy atom. The number of hydrogen-bond acceptors (Lipinski definition) is 5. The summed E-state index contributed by atoms with van der Waals surface area (Å²) in [5.74, 6) is -0.279. The third kappa shape index (κ3) is 2.17. The smallest absolute Gasteiger partial charge is 0.350 e. The van der Waals surface area contributed by atoms with Crippen molar-refractivity contribution in [2.24, 2.45) is 0 Å². The fourth-order valence-corrected chi connectivity index (χ4v) is 2.40. The molecule has 1 aromatic rings. The van der Waals surface area contributed by atoms with Crippen LogP contribution in [0.3, 0.4) is 0 Å². The predicted molar refractivity (Wildman–Crippen MR) is 63.5 cm³/mol. The number of nitrogens with two attached hydrogens (primary N) is 1. The maximum Gasteiger partial charge on any atom is 0.350 e. The van der Waals surface area contributed by atoms with Gasteiger partial charge in [-0.2, -0.15) is 5.26 Å². The average molecular weight is 238 g/mol. The average Bonchev–Trinajstić information content (AvgIpc) is 2.55. The molecule has 1 aromatic heterocycles. The van der Waals surface area contributed by atoms with E-state index in [1.807, 2.05) is 19.9 Å². The molecule has 1 rings (SSSR count). The molecule has 0 saturated carbocycles. The van der Waals surface area contributed by atoms with E-state index in [4.69, 9.17) is 15.7 Å². The van der Waals surface area contributed by atoms with E-state index in [1.54, 1.807) is 6.92 Å². The summed E-state index contributed by atoms with van der Waals surface area (Å²) < 4.78 is 4.88. The van der Waals surface area contributed by atoms with Crippen molar-refractivity contribution in [2.45, 2.75) is 26.7 Å². The van der Waals surface area contributed by atoms with Gasteiger partial charge in [0.25, 0.3) is 0 Å². The minimum absolute atomic E-state index is 0.171. The Kier molecular flexibility index (Phi) is 3.91. The van der Waals surface area contributed by atoms with Gasteiger partial charge in [-0.15, -0.1) is 11.3 Å². The summed E-state index contributed by atoms with van der Waals surface area (Å²) in [6.07, 6.45) is 0. The Balaban J connectivity index is 3.24. The number of carbonyl (C=O) groups is 1. The van der Waals surface area contributed by atoms with Crippen LogP contribution in [0, 0.1) is 11.3 Å². The summed E-state index contributed by atoms with van der Waals surface area (Å²) in [6.45, 7) is 5.95. The molecule has 2 N–H and O–H groups in total. The van der Waals surface area contributed by atoms with Gasteiger partial charge in [0, 0.05) is 4.88 Å². The van der Waals surface area contributed by atoms with Gasteiger partial charge in [-0.25, -0.2) is 4.79 Å². The highest BCUT2D eigenvalue weighted by Gasteiger charge is 2.23. The summed E-state index contributed by atoms with van der Waals surface area (Å²) in [6, 6.07) is 2.04. The number of nitrogens with zero attached hydrogens (tertiary/aromatic N) is 1. The summed E-state index contributed by atoms with van der Waals surface area (Å²) >= 11 is 1.24. The van der Waals surface area contributed by atoms with Gasteiger partial charge in [0.2, 0.25) is 0 Å². The van der Waals surface area contributed by atoms with Crippen molar-refractivity contribution in [1.29, 1.82) is 5.26 Å². The van der Waals surface area contributed by atoms with Crippen molar-refractivity contribution in [3.05, 3.63) is 15.3 Å². The lowest BCUT2D eigenvalue weighted by Gasteiger charge is -1.99. The van der Waals surface area contributed by atoms with E-state index in [0.717, 1.165) is 4.88 Å². The molecule has 0 fully saturated rings. The zero-order valence-electron chi connectivity index (χ0n) is 9.53. The van der Waals surface area contributed by atoms with E-state index in [-0.39, 0.29) is 11.6 Å². The second-order valence-corrected chi connectivity index (χ2v) is 4.62. The number of esters is 1. The number of hydrogen-bond donors (Lipinski definition) is 1. The van der Waals surface area contributed by atoms with Crippen molar-refractivity contribution >= 4 is 23.0 Å². The second-order valence-electron chi connectivity index (χ2n) is 3.57. The molecule has 0 aromatic carbocycles. The molecule has 4 nitrogen and oxygen atoms in total. The molecule has 0 saturated heterocycles. The number of ether oxygens (including phenoxy) is 1. The molecule has 5 heteroatoms. The monoisotopic (exact) mass is 238 g/mol. The molecule has 0 radical (unpaired) electrons. The highest BCUT2D eigenvalue weighted by molar-refractivity contribution is 7.15. The molecule has 0 aliphatic rings. The van der Waals surface area contributed by atoms with Crippen LogP contribution in [0.15, 0.2) is 0 Å². The lowest BCUT2D eigenvalue weighted by atomic mass is 10.1. The molecule has 0 atom stereocenters.